The molecule has 0 saturated carbocycles. The summed E-state index contributed by atoms with van der Waals surface area (Å²) in [5.74, 6) is -1.83. The van der Waals surface area contributed by atoms with E-state index >= 15 is 0 Å². The minimum absolute atomic E-state index is 0.0899. The lowest BCUT2D eigenvalue weighted by atomic mass is 10.2. The van der Waals surface area contributed by atoms with Gasteiger partial charge in [0.15, 0.2) is 6.61 Å². The number of carbonyl (C=O) groups excluding carboxylic acids is 1. The van der Waals surface area contributed by atoms with Gasteiger partial charge in [-0.25, -0.2) is 21.9 Å². The first kappa shape index (κ1) is 20.8. The van der Waals surface area contributed by atoms with Crippen molar-refractivity contribution >= 4 is 21.6 Å². The predicted molar refractivity (Wildman–Crippen MR) is 97.1 cm³/mol. The molecule has 2 aromatic rings. The lowest BCUT2D eigenvalue weighted by Gasteiger charge is -2.12. The largest absolute Gasteiger partial charge is 0.483 e. The van der Waals surface area contributed by atoms with Crippen molar-refractivity contribution < 1.29 is 26.7 Å². The smallest absolute Gasteiger partial charge is 0.262 e. The van der Waals surface area contributed by atoms with E-state index in [1.165, 1.54) is 18.2 Å². The molecule has 0 spiro atoms. The summed E-state index contributed by atoms with van der Waals surface area (Å²) in [5, 5.41) is 2.21. The molecule has 0 unspecified atom stereocenters. The summed E-state index contributed by atoms with van der Waals surface area (Å²) >= 11 is 0. The zero-order chi connectivity index (χ0) is 20.0. The molecule has 0 aliphatic heterocycles. The SMILES string of the molecule is CCCNS(=O)(=O)c1ccc(OCC(=O)Nc2cc(F)ccc2F)c(C)c1. The fourth-order valence-corrected chi connectivity index (χ4v) is 3.41. The van der Waals surface area contributed by atoms with Crippen molar-refractivity contribution in [3.63, 3.8) is 0 Å². The zero-order valence-corrected chi connectivity index (χ0v) is 15.7. The first-order chi connectivity index (χ1) is 12.7. The van der Waals surface area contributed by atoms with Crippen LogP contribution in [-0.2, 0) is 14.8 Å². The van der Waals surface area contributed by atoms with Gasteiger partial charge < -0.3 is 10.1 Å². The Kier molecular flexibility index (Phi) is 6.86. The minimum atomic E-state index is -3.60. The summed E-state index contributed by atoms with van der Waals surface area (Å²) in [7, 11) is -3.60. The second kappa shape index (κ2) is 8.92. The molecular formula is C18H20F2N2O4S. The Morgan fingerprint density at radius 3 is 2.56 bits per heavy atom. The number of ether oxygens (including phenoxy) is 1. The van der Waals surface area contributed by atoms with Crippen LogP contribution in [0.3, 0.4) is 0 Å². The number of carbonyl (C=O) groups is 1. The molecule has 2 N–H and O–H groups in total. The molecule has 0 fully saturated rings. The predicted octanol–water partition coefficient (Wildman–Crippen LogP) is 2.98. The molecule has 146 valence electrons. The average molecular weight is 398 g/mol. The molecule has 0 bridgehead atoms. The highest BCUT2D eigenvalue weighted by atomic mass is 32.2. The summed E-state index contributed by atoms with van der Waals surface area (Å²) < 4.78 is 58.6. The number of aryl methyl sites for hydroxylation is 1. The van der Waals surface area contributed by atoms with Crippen molar-refractivity contribution in [2.24, 2.45) is 0 Å². The van der Waals surface area contributed by atoms with E-state index in [0.29, 0.717) is 24.3 Å². The van der Waals surface area contributed by atoms with Gasteiger partial charge >= 0.3 is 0 Å². The van der Waals surface area contributed by atoms with E-state index in [-0.39, 0.29) is 10.6 Å². The second-order valence-corrected chi connectivity index (χ2v) is 7.55. The van der Waals surface area contributed by atoms with Gasteiger partial charge in [-0.15, -0.1) is 0 Å². The van der Waals surface area contributed by atoms with Gasteiger partial charge in [-0.2, -0.15) is 0 Å². The van der Waals surface area contributed by atoms with Crippen LogP contribution in [-0.4, -0.2) is 27.5 Å². The fourth-order valence-electron chi connectivity index (χ4n) is 2.19. The number of rotatable bonds is 8. The summed E-state index contributed by atoms with van der Waals surface area (Å²) in [5.41, 5.74) is 0.225. The van der Waals surface area contributed by atoms with Gasteiger partial charge in [0.2, 0.25) is 10.0 Å². The third kappa shape index (κ3) is 5.73. The Labute approximate surface area is 156 Å². The van der Waals surface area contributed by atoms with Crippen LogP contribution in [0.1, 0.15) is 18.9 Å². The number of benzene rings is 2. The third-order valence-electron chi connectivity index (χ3n) is 3.56. The summed E-state index contributed by atoms with van der Waals surface area (Å²) in [6.07, 6.45) is 0.667. The molecule has 0 atom stereocenters. The first-order valence-electron chi connectivity index (χ1n) is 8.21. The first-order valence-corrected chi connectivity index (χ1v) is 9.69. The summed E-state index contributed by atoms with van der Waals surface area (Å²) in [4.78, 5) is 12.0. The minimum Gasteiger partial charge on any atom is -0.483 e. The van der Waals surface area contributed by atoms with Crippen molar-refractivity contribution in [3.05, 3.63) is 53.6 Å². The van der Waals surface area contributed by atoms with E-state index in [1.54, 1.807) is 6.92 Å². The molecule has 0 saturated heterocycles. The molecule has 0 aliphatic carbocycles. The standard InChI is InChI=1S/C18H20F2N2O4S/c1-3-8-21-27(24,25)14-5-7-17(12(2)9-14)26-11-18(23)22-16-10-13(19)4-6-15(16)20/h4-7,9-10,21H,3,8,11H2,1-2H3,(H,22,23). The maximum Gasteiger partial charge on any atom is 0.262 e. The van der Waals surface area contributed by atoms with Crippen molar-refractivity contribution in [2.45, 2.75) is 25.2 Å². The number of anilines is 1. The number of hydrogen-bond acceptors (Lipinski definition) is 4. The van der Waals surface area contributed by atoms with Crippen molar-refractivity contribution in [2.75, 3.05) is 18.5 Å². The highest BCUT2D eigenvalue weighted by Crippen LogP contribution is 2.22. The molecule has 0 heterocycles. The lowest BCUT2D eigenvalue weighted by molar-refractivity contribution is -0.118. The van der Waals surface area contributed by atoms with Gasteiger partial charge in [0.1, 0.15) is 17.4 Å². The van der Waals surface area contributed by atoms with Crippen LogP contribution in [0, 0.1) is 18.6 Å². The Bertz CT molecular complexity index is 933. The second-order valence-electron chi connectivity index (χ2n) is 5.79. The normalized spacial score (nSPS) is 11.3. The average Bonchev–Trinajstić information content (AvgIpc) is 2.62. The molecule has 1 amide bonds. The quantitative estimate of drug-likeness (QED) is 0.716. The maximum absolute atomic E-state index is 13.5. The summed E-state index contributed by atoms with van der Waals surface area (Å²) in [6, 6.07) is 6.94. The molecule has 0 aliphatic rings. The monoisotopic (exact) mass is 398 g/mol. The van der Waals surface area contributed by atoms with Crippen LogP contribution in [0.2, 0.25) is 0 Å². The van der Waals surface area contributed by atoms with Gasteiger partial charge in [-0.1, -0.05) is 6.92 Å². The van der Waals surface area contributed by atoms with Gasteiger partial charge in [0.05, 0.1) is 10.6 Å². The maximum atomic E-state index is 13.5. The van der Waals surface area contributed by atoms with E-state index < -0.39 is 34.2 Å². The zero-order valence-electron chi connectivity index (χ0n) is 14.9. The summed E-state index contributed by atoms with van der Waals surface area (Å²) in [6.45, 7) is 3.37. The molecule has 2 aromatic carbocycles. The highest BCUT2D eigenvalue weighted by molar-refractivity contribution is 7.89. The van der Waals surface area contributed by atoms with Gasteiger partial charge in [-0.05, 0) is 49.2 Å². The van der Waals surface area contributed by atoms with Crippen LogP contribution in [0.5, 0.6) is 5.75 Å². The van der Waals surface area contributed by atoms with Crippen molar-refractivity contribution in [1.29, 1.82) is 0 Å². The number of nitrogens with one attached hydrogen (secondary N) is 2. The number of hydrogen-bond donors (Lipinski definition) is 2. The van der Waals surface area contributed by atoms with E-state index in [2.05, 4.69) is 10.0 Å². The topological polar surface area (TPSA) is 84.5 Å². The van der Waals surface area contributed by atoms with Crippen LogP contribution in [0.15, 0.2) is 41.3 Å². The van der Waals surface area contributed by atoms with Crippen molar-refractivity contribution in [1.82, 2.24) is 4.72 Å². The van der Waals surface area contributed by atoms with E-state index in [1.807, 2.05) is 6.92 Å². The van der Waals surface area contributed by atoms with E-state index in [0.717, 1.165) is 18.2 Å². The fraction of sp³-hybridized carbons (Fsp3) is 0.278. The van der Waals surface area contributed by atoms with Crippen LogP contribution >= 0.6 is 0 Å². The third-order valence-corrected chi connectivity index (χ3v) is 5.02. The highest BCUT2D eigenvalue weighted by Gasteiger charge is 2.15. The molecule has 9 heteroatoms. The molecule has 2 rings (SSSR count). The molecular weight excluding hydrogens is 378 g/mol. The van der Waals surface area contributed by atoms with Crippen LogP contribution in [0.25, 0.3) is 0 Å². The molecule has 27 heavy (non-hydrogen) atoms. The Balaban J connectivity index is 2.01. The molecule has 0 aromatic heterocycles. The van der Waals surface area contributed by atoms with Crippen LogP contribution < -0.4 is 14.8 Å². The molecule has 6 nitrogen and oxygen atoms in total. The number of amides is 1. The van der Waals surface area contributed by atoms with Crippen LogP contribution in [0.4, 0.5) is 14.5 Å². The van der Waals surface area contributed by atoms with E-state index in [4.69, 9.17) is 4.74 Å². The van der Waals surface area contributed by atoms with Crippen molar-refractivity contribution in [3.8, 4) is 5.75 Å². The van der Waals surface area contributed by atoms with Gasteiger partial charge in [0, 0.05) is 12.6 Å². The van der Waals surface area contributed by atoms with E-state index in [9.17, 15) is 22.0 Å². The molecule has 0 radical (unpaired) electrons. The van der Waals surface area contributed by atoms with Gasteiger partial charge in [0.25, 0.3) is 5.91 Å². The number of sulfonamides is 1. The van der Waals surface area contributed by atoms with Gasteiger partial charge in [-0.3, -0.25) is 4.79 Å². The lowest BCUT2D eigenvalue weighted by Crippen LogP contribution is -2.24. The Morgan fingerprint density at radius 2 is 1.89 bits per heavy atom. The Morgan fingerprint density at radius 1 is 1.15 bits per heavy atom. The Hall–Kier alpha value is -2.52. The number of halogens is 2.